The van der Waals surface area contributed by atoms with Gasteiger partial charge in [-0.2, -0.15) is 5.26 Å². The maximum atomic E-state index is 9.61. The van der Waals surface area contributed by atoms with E-state index in [0.717, 1.165) is 18.5 Å². The van der Waals surface area contributed by atoms with Gasteiger partial charge in [0, 0.05) is 33.4 Å². The molecule has 1 atom stereocenters. The van der Waals surface area contributed by atoms with E-state index in [1.165, 1.54) is 0 Å². The molecule has 20 heavy (non-hydrogen) atoms. The van der Waals surface area contributed by atoms with Crippen molar-refractivity contribution in [3.63, 3.8) is 0 Å². The predicted molar refractivity (Wildman–Crippen MR) is 79.3 cm³/mol. The standard InChI is InChI=1S/C16H24N2O2/c1-3-18-16(14-17,15-8-5-4-6-9-15)10-13-20-12-7-11-19-2/h4-6,8-9,18H,3,7,10-13H2,1-2H3. The second-order valence-electron chi connectivity index (χ2n) is 4.62. The SMILES string of the molecule is CCNC(C#N)(CCOCCCOC)c1ccccc1. The molecule has 1 aromatic rings. The summed E-state index contributed by atoms with van der Waals surface area (Å²) in [6.07, 6.45) is 1.51. The molecular weight excluding hydrogens is 252 g/mol. The molecule has 1 aromatic carbocycles. The Morgan fingerprint density at radius 1 is 1.20 bits per heavy atom. The van der Waals surface area contributed by atoms with E-state index in [1.807, 2.05) is 37.3 Å². The van der Waals surface area contributed by atoms with Gasteiger partial charge in [-0.3, -0.25) is 5.32 Å². The Hall–Kier alpha value is -1.41. The number of benzene rings is 1. The fraction of sp³-hybridized carbons (Fsp3) is 0.562. The van der Waals surface area contributed by atoms with E-state index >= 15 is 0 Å². The first kappa shape index (κ1) is 16.6. The molecule has 4 nitrogen and oxygen atoms in total. The van der Waals surface area contributed by atoms with Crippen molar-refractivity contribution in [1.82, 2.24) is 5.32 Å². The van der Waals surface area contributed by atoms with Gasteiger partial charge in [0.2, 0.25) is 0 Å². The highest BCUT2D eigenvalue weighted by molar-refractivity contribution is 5.31. The van der Waals surface area contributed by atoms with E-state index in [4.69, 9.17) is 9.47 Å². The van der Waals surface area contributed by atoms with Crippen LogP contribution in [0.5, 0.6) is 0 Å². The number of hydrogen-bond acceptors (Lipinski definition) is 4. The number of nitrogens with one attached hydrogen (secondary N) is 1. The molecule has 0 amide bonds. The number of nitrogens with zero attached hydrogens (tertiary/aromatic N) is 1. The van der Waals surface area contributed by atoms with Gasteiger partial charge in [0.1, 0.15) is 5.54 Å². The number of nitriles is 1. The predicted octanol–water partition coefficient (Wildman–Crippen LogP) is 2.46. The Balaban J connectivity index is 2.59. The summed E-state index contributed by atoms with van der Waals surface area (Å²) < 4.78 is 10.6. The lowest BCUT2D eigenvalue weighted by Gasteiger charge is -2.28. The summed E-state index contributed by atoms with van der Waals surface area (Å²) in [4.78, 5) is 0. The lowest BCUT2D eigenvalue weighted by molar-refractivity contribution is 0.0911. The molecule has 4 heteroatoms. The van der Waals surface area contributed by atoms with Gasteiger partial charge in [-0.25, -0.2) is 0 Å². The first-order valence-corrected chi connectivity index (χ1v) is 7.07. The zero-order valence-corrected chi connectivity index (χ0v) is 12.4. The maximum absolute atomic E-state index is 9.61. The minimum absolute atomic E-state index is 0.555. The first-order valence-electron chi connectivity index (χ1n) is 7.07. The Kier molecular flexibility index (Phi) is 7.89. The van der Waals surface area contributed by atoms with Crippen LogP contribution < -0.4 is 5.32 Å². The fourth-order valence-electron chi connectivity index (χ4n) is 2.15. The van der Waals surface area contributed by atoms with Gasteiger partial charge >= 0.3 is 0 Å². The molecule has 0 fully saturated rings. The summed E-state index contributed by atoms with van der Waals surface area (Å²) in [7, 11) is 1.68. The molecule has 0 saturated carbocycles. The number of hydrogen-bond donors (Lipinski definition) is 1. The van der Waals surface area contributed by atoms with Crippen molar-refractivity contribution in [1.29, 1.82) is 5.26 Å². The molecular formula is C16H24N2O2. The fourth-order valence-corrected chi connectivity index (χ4v) is 2.15. The van der Waals surface area contributed by atoms with Crippen LogP contribution in [0.2, 0.25) is 0 Å². The Morgan fingerprint density at radius 3 is 2.55 bits per heavy atom. The second kappa shape index (κ2) is 9.49. The lowest BCUT2D eigenvalue weighted by Crippen LogP contribution is -2.42. The van der Waals surface area contributed by atoms with Crippen LogP contribution >= 0.6 is 0 Å². The average molecular weight is 276 g/mol. The minimum Gasteiger partial charge on any atom is -0.385 e. The third-order valence-electron chi connectivity index (χ3n) is 3.19. The van der Waals surface area contributed by atoms with Crippen molar-refractivity contribution in [3.05, 3.63) is 35.9 Å². The largest absolute Gasteiger partial charge is 0.385 e. The van der Waals surface area contributed by atoms with Crippen molar-refractivity contribution in [2.24, 2.45) is 0 Å². The molecule has 0 heterocycles. The van der Waals surface area contributed by atoms with E-state index in [2.05, 4.69) is 11.4 Å². The Morgan fingerprint density at radius 2 is 1.95 bits per heavy atom. The highest BCUT2D eigenvalue weighted by Gasteiger charge is 2.30. The smallest absolute Gasteiger partial charge is 0.134 e. The maximum Gasteiger partial charge on any atom is 0.134 e. The van der Waals surface area contributed by atoms with Crippen LogP contribution in [0.1, 0.15) is 25.3 Å². The highest BCUT2D eigenvalue weighted by Crippen LogP contribution is 2.24. The Labute approximate surface area is 121 Å². The summed E-state index contributed by atoms with van der Waals surface area (Å²) in [5, 5.41) is 12.9. The highest BCUT2D eigenvalue weighted by atomic mass is 16.5. The molecule has 0 aliphatic rings. The van der Waals surface area contributed by atoms with Gasteiger partial charge in [-0.05, 0) is 18.5 Å². The molecule has 0 radical (unpaired) electrons. The van der Waals surface area contributed by atoms with Gasteiger partial charge in [0.15, 0.2) is 0 Å². The summed E-state index contributed by atoms with van der Waals surface area (Å²) in [6.45, 7) is 4.67. The normalized spacial score (nSPS) is 13.7. The molecule has 1 N–H and O–H groups in total. The second-order valence-corrected chi connectivity index (χ2v) is 4.62. The van der Waals surface area contributed by atoms with E-state index in [-0.39, 0.29) is 0 Å². The summed E-state index contributed by atoms with van der Waals surface area (Å²) in [5.41, 5.74) is 0.321. The molecule has 1 unspecified atom stereocenters. The number of ether oxygens (including phenoxy) is 2. The van der Waals surface area contributed by atoms with Crippen molar-refractivity contribution < 1.29 is 9.47 Å². The third-order valence-corrected chi connectivity index (χ3v) is 3.19. The van der Waals surface area contributed by atoms with Crippen LogP contribution in [0.4, 0.5) is 0 Å². The van der Waals surface area contributed by atoms with Crippen LogP contribution in [0, 0.1) is 11.3 Å². The molecule has 0 aliphatic heterocycles. The molecule has 0 spiro atoms. The first-order chi connectivity index (χ1) is 9.79. The summed E-state index contributed by atoms with van der Waals surface area (Å²) in [5.74, 6) is 0. The van der Waals surface area contributed by atoms with Crippen molar-refractivity contribution in [2.75, 3.05) is 33.5 Å². The molecule has 0 bridgehead atoms. The number of methoxy groups -OCH3 is 1. The van der Waals surface area contributed by atoms with Gasteiger partial charge in [0.05, 0.1) is 6.07 Å². The molecule has 0 aliphatic carbocycles. The van der Waals surface area contributed by atoms with Gasteiger partial charge < -0.3 is 9.47 Å². The Bertz CT molecular complexity index is 403. The van der Waals surface area contributed by atoms with Gasteiger partial charge in [-0.15, -0.1) is 0 Å². The molecule has 0 saturated heterocycles. The van der Waals surface area contributed by atoms with E-state index in [1.54, 1.807) is 7.11 Å². The lowest BCUT2D eigenvalue weighted by atomic mass is 9.88. The van der Waals surface area contributed by atoms with Crippen molar-refractivity contribution in [2.45, 2.75) is 25.3 Å². The zero-order chi connectivity index (χ0) is 14.7. The van der Waals surface area contributed by atoms with E-state index in [0.29, 0.717) is 26.2 Å². The van der Waals surface area contributed by atoms with Crippen LogP contribution in [-0.2, 0) is 15.0 Å². The van der Waals surface area contributed by atoms with Gasteiger partial charge in [0.25, 0.3) is 0 Å². The molecule has 110 valence electrons. The van der Waals surface area contributed by atoms with Crippen LogP contribution in [0.3, 0.4) is 0 Å². The van der Waals surface area contributed by atoms with Crippen molar-refractivity contribution in [3.8, 4) is 6.07 Å². The van der Waals surface area contributed by atoms with Crippen LogP contribution in [0.15, 0.2) is 30.3 Å². The topological polar surface area (TPSA) is 54.3 Å². The molecule has 1 rings (SSSR count). The quantitative estimate of drug-likeness (QED) is 0.667. The van der Waals surface area contributed by atoms with Gasteiger partial charge in [-0.1, -0.05) is 37.3 Å². The number of rotatable bonds is 10. The molecule has 0 aromatic heterocycles. The van der Waals surface area contributed by atoms with Crippen LogP contribution in [0.25, 0.3) is 0 Å². The zero-order valence-electron chi connectivity index (χ0n) is 12.4. The monoisotopic (exact) mass is 276 g/mol. The van der Waals surface area contributed by atoms with Crippen LogP contribution in [-0.4, -0.2) is 33.5 Å². The van der Waals surface area contributed by atoms with E-state index in [9.17, 15) is 5.26 Å². The van der Waals surface area contributed by atoms with Crippen molar-refractivity contribution >= 4 is 0 Å². The summed E-state index contributed by atoms with van der Waals surface area (Å²) in [6, 6.07) is 12.3. The summed E-state index contributed by atoms with van der Waals surface area (Å²) >= 11 is 0. The minimum atomic E-state index is -0.669. The van der Waals surface area contributed by atoms with E-state index < -0.39 is 5.54 Å². The average Bonchev–Trinajstić information content (AvgIpc) is 2.50. The third kappa shape index (κ3) is 4.93.